The predicted octanol–water partition coefficient (Wildman–Crippen LogP) is 4.21. The van der Waals surface area contributed by atoms with Gasteiger partial charge in [0.05, 0.1) is 34.7 Å². The minimum Gasteiger partial charge on any atom is -0.478 e. The van der Waals surface area contributed by atoms with Crippen LogP contribution in [0.1, 0.15) is 40.7 Å². The Kier molecular flexibility index (Phi) is 10.2. The monoisotopic (exact) mass is 589 g/mol. The summed E-state index contributed by atoms with van der Waals surface area (Å²) in [7, 11) is -2.45. The third kappa shape index (κ3) is 8.39. The number of sulfonamides is 1. The third-order valence-electron chi connectivity index (χ3n) is 5.21. The Labute approximate surface area is 227 Å². The number of alkyl halides is 3. The number of nitrogens with zero attached hydrogens (tertiary/aromatic N) is 4. The average molecular weight is 590 g/mol. The molecule has 3 rings (SSSR count). The highest BCUT2D eigenvalue weighted by molar-refractivity contribution is 7.92. The van der Waals surface area contributed by atoms with Gasteiger partial charge in [-0.25, -0.2) is 27.4 Å². The van der Waals surface area contributed by atoms with Crippen LogP contribution in [-0.4, -0.2) is 58.6 Å². The number of nitrogens with one attached hydrogen (secondary N) is 1. The summed E-state index contributed by atoms with van der Waals surface area (Å²) in [5.74, 6) is -4.53. The van der Waals surface area contributed by atoms with Crippen molar-refractivity contribution in [1.82, 2.24) is 14.8 Å². The summed E-state index contributed by atoms with van der Waals surface area (Å²) in [5, 5.41) is 21.3. The van der Waals surface area contributed by atoms with E-state index < -0.39 is 34.0 Å². The van der Waals surface area contributed by atoms with Gasteiger partial charge < -0.3 is 15.1 Å². The number of carbonyl (C=O) groups is 2. The normalized spacial score (nSPS) is 11.4. The molecule has 0 spiro atoms. The van der Waals surface area contributed by atoms with Crippen molar-refractivity contribution in [3.05, 3.63) is 64.9 Å². The van der Waals surface area contributed by atoms with Crippen molar-refractivity contribution in [3.63, 3.8) is 0 Å². The maximum Gasteiger partial charge on any atom is 0.490 e. The van der Waals surface area contributed by atoms with E-state index in [-0.39, 0.29) is 22.0 Å². The SMILES string of the molecule is CCCn1nc(C)cc1CN(C)c1ncc(NS(=O)(=O)c2cc(F)ccc2C)cc1C(=O)O.O=C(O)C(F)(F)F. The number of aryl methyl sites for hydroxylation is 3. The molecule has 0 bridgehead atoms. The van der Waals surface area contributed by atoms with Crippen molar-refractivity contribution in [3.8, 4) is 0 Å². The topological polar surface area (TPSA) is 155 Å². The van der Waals surface area contributed by atoms with E-state index in [2.05, 4.69) is 14.8 Å². The molecular formula is C24H27F4N5O6S. The third-order valence-corrected chi connectivity index (χ3v) is 6.74. The van der Waals surface area contributed by atoms with E-state index in [4.69, 9.17) is 9.90 Å². The molecule has 0 unspecified atom stereocenters. The molecule has 0 fully saturated rings. The fourth-order valence-electron chi connectivity index (χ4n) is 3.50. The Balaban J connectivity index is 0.000000708. The molecule has 0 amide bonds. The van der Waals surface area contributed by atoms with E-state index in [1.807, 2.05) is 24.6 Å². The number of aromatic nitrogens is 3. The number of hydrogen-bond donors (Lipinski definition) is 3. The van der Waals surface area contributed by atoms with Crippen LogP contribution in [0.5, 0.6) is 0 Å². The molecule has 0 saturated carbocycles. The van der Waals surface area contributed by atoms with Crippen molar-refractivity contribution in [2.75, 3.05) is 16.7 Å². The van der Waals surface area contributed by atoms with Gasteiger partial charge in [0.15, 0.2) is 0 Å². The second-order valence-electron chi connectivity index (χ2n) is 8.57. The van der Waals surface area contributed by atoms with Crippen LogP contribution in [0.15, 0.2) is 41.4 Å². The predicted molar refractivity (Wildman–Crippen MR) is 136 cm³/mol. The number of aliphatic carboxylic acids is 1. The molecule has 0 aliphatic carbocycles. The van der Waals surface area contributed by atoms with Crippen molar-refractivity contribution in [1.29, 1.82) is 0 Å². The standard InChI is InChI=1S/C22H26FN5O4S.C2HF3O2/c1-5-8-28-18(9-15(3)25-28)13-27(4)21-19(22(29)30)11-17(12-24-21)26-33(31,32)20-10-16(23)7-6-14(20)2;3-2(4,5)1(6)7/h6-7,9-12,26H,5,8,13H2,1-4H3,(H,29,30);(H,6,7). The van der Waals surface area contributed by atoms with Crippen molar-refractivity contribution < 1.29 is 45.8 Å². The van der Waals surface area contributed by atoms with Gasteiger partial charge in [0.2, 0.25) is 0 Å². The first-order valence-corrected chi connectivity index (χ1v) is 13.0. The van der Waals surface area contributed by atoms with Crippen LogP contribution in [0.4, 0.5) is 29.1 Å². The maximum absolute atomic E-state index is 13.6. The summed E-state index contributed by atoms with van der Waals surface area (Å²) in [4.78, 5) is 26.5. The van der Waals surface area contributed by atoms with Gasteiger partial charge in [-0.1, -0.05) is 13.0 Å². The van der Waals surface area contributed by atoms with Gasteiger partial charge in [-0.05, 0) is 50.1 Å². The fourth-order valence-corrected chi connectivity index (χ4v) is 4.79. The van der Waals surface area contributed by atoms with E-state index >= 15 is 0 Å². The lowest BCUT2D eigenvalue weighted by molar-refractivity contribution is -0.192. The lowest BCUT2D eigenvalue weighted by atomic mass is 10.2. The van der Waals surface area contributed by atoms with Gasteiger partial charge in [0, 0.05) is 13.6 Å². The van der Waals surface area contributed by atoms with E-state index in [1.165, 1.54) is 25.3 Å². The summed E-state index contributed by atoms with van der Waals surface area (Å²) < 4.78 is 75.0. The molecule has 16 heteroatoms. The number of carboxylic acid groups (broad SMARTS) is 2. The molecule has 3 aromatic rings. The van der Waals surface area contributed by atoms with Crippen molar-refractivity contribution >= 4 is 33.5 Å². The number of carboxylic acids is 2. The zero-order valence-electron chi connectivity index (χ0n) is 21.8. The highest BCUT2D eigenvalue weighted by atomic mass is 32.2. The average Bonchev–Trinajstić information content (AvgIpc) is 3.18. The zero-order valence-corrected chi connectivity index (χ0v) is 22.6. The largest absolute Gasteiger partial charge is 0.490 e. The van der Waals surface area contributed by atoms with Gasteiger partial charge in [-0.3, -0.25) is 9.40 Å². The van der Waals surface area contributed by atoms with Gasteiger partial charge >= 0.3 is 18.1 Å². The second kappa shape index (κ2) is 12.8. The summed E-state index contributed by atoms with van der Waals surface area (Å²) in [6, 6.07) is 6.55. The molecule has 0 radical (unpaired) electrons. The molecule has 0 aliphatic rings. The zero-order chi connectivity index (χ0) is 30.4. The lowest BCUT2D eigenvalue weighted by Crippen LogP contribution is -2.23. The molecule has 11 nitrogen and oxygen atoms in total. The summed E-state index contributed by atoms with van der Waals surface area (Å²) >= 11 is 0. The molecule has 0 atom stereocenters. The molecule has 218 valence electrons. The molecule has 1 aromatic carbocycles. The molecule has 40 heavy (non-hydrogen) atoms. The quantitative estimate of drug-likeness (QED) is 0.311. The molecule has 0 saturated heterocycles. The minimum atomic E-state index is -5.08. The van der Waals surface area contributed by atoms with Gasteiger partial charge in [0.1, 0.15) is 17.2 Å². The van der Waals surface area contributed by atoms with Crippen molar-refractivity contribution in [2.24, 2.45) is 0 Å². The lowest BCUT2D eigenvalue weighted by Gasteiger charge is -2.21. The maximum atomic E-state index is 13.6. The summed E-state index contributed by atoms with van der Waals surface area (Å²) in [5.41, 5.74) is 1.90. The number of aromatic carboxylic acids is 1. The highest BCUT2D eigenvalue weighted by Gasteiger charge is 2.38. The van der Waals surface area contributed by atoms with E-state index in [0.717, 1.165) is 36.5 Å². The van der Waals surface area contributed by atoms with E-state index in [9.17, 15) is 35.9 Å². The van der Waals surface area contributed by atoms with E-state index in [1.54, 1.807) is 11.9 Å². The molecular weight excluding hydrogens is 562 g/mol. The Bertz CT molecular complexity index is 1490. The molecule has 2 heterocycles. The first-order chi connectivity index (χ1) is 18.5. The summed E-state index contributed by atoms with van der Waals surface area (Å²) in [6.07, 6.45) is -2.95. The number of halogens is 4. The molecule has 2 aromatic heterocycles. The van der Waals surface area contributed by atoms with Crippen molar-refractivity contribution in [2.45, 2.75) is 51.4 Å². The fraction of sp³-hybridized carbons (Fsp3) is 0.333. The van der Waals surface area contributed by atoms with Gasteiger partial charge in [0.25, 0.3) is 10.0 Å². The Hall–Kier alpha value is -4.21. The first-order valence-electron chi connectivity index (χ1n) is 11.5. The van der Waals surface area contributed by atoms with Crippen LogP contribution >= 0.6 is 0 Å². The van der Waals surface area contributed by atoms with Crippen LogP contribution < -0.4 is 9.62 Å². The van der Waals surface area contributed by atoms with Gasteiger partial charge in [-0.2, -0.15) is 18.3 Å². The number of benzene rings is 1. The first kappa shape index (κ1) is 32.0. The minimum absolute atomic E-state index is 0.0416. The molecule has 0 aliphatic heterocycles. The van der Waals surface area contributed by atoms with Crippen LogP contribution in [0, 0.1) is 19.7 Å². The van der Waals surface area contributed by atoms with Crippen LogP contribution in [0.2, 0.25) is 0 Å². The summed E-state index contributed by atoms with van der Waals surface area (Å²) in [6.45, 7) is 6.56. The number of hydrogen-bond acceptors (Lipinski definition) is 7. The molecule has 3 N–H and O–H groups in total. The van der Waals surface area contributed by atoms with Gasteiger partial charge in [-0.15, -0.1) is 0 Å². The Morgan fingerprint density at radius 1 is 1.12 bits per heavy atom. The highest BCUT2D eigenvalue weighted by Crippen LogP contribution is 2.25. The number of rotatable bonds is 9. The smallest absolute Gasteiger partial charge is 0.478 e. The van der Waals surface area contributed by atoms with Crippen LogP contribution in [0.25, 0.3) is 0 Å². The Morgan fingerprint density at radius 2 is 1.75 bits per heavy atom. The Morgan fingerprint density at radius 3 is 2.30 bits per heavy atom. The van der Waals surface area contributed by atoms with E-state index in [0.29, 0.717) is 12.1 Å². The number of anilines is 2. The van der Waals surface area contributed by atoms with Crippen LogP contribution in [-0.2, 0) is 27.9 Å². The van der Waals surface area contributed by atoms with Crippen LogP contribution in [0.3, 0.4) is 0 Å². The number of pyridine rings is 1. The second-order valence-corrected chi connectivity index (χ2v) is 10.2.